The molecule has 8 nitrogen and oxygen atoms in total. The summed E-state index contributed by atoms with van der Waals surface area (Å²) in [7, 11) is -4.11. The van der Waals surface area contributed by atoms with Gasteiger partial charge in [0.2, 0.25) is 5.82 Å². The summed E-state index contributed by atoms with van der Waals surface area (Å²) in [5, 5.41) is 3.22. The van der Waals surface area contributed by atoms with E-state index in [1.165, 1.54) is 42.6 Å². The van der Waals surface area contributed by atoms with Gasteiger partial charge in [-0.25, -0.2) is 13.1 Å². The van der Waals surface area contributed by atoms with Crippen LogP contribution in [-0.4, -0.2) is 29.4 Å². The number of alkyl halides is 3. The number of sulfonamides is 1. The van der Waals surface area contributed by atoms with Gasteiger partial charge in [0.15, 0.2) is 0 Å². The molecule has 3 rings (SSSR count). The highest BCUT2D eigenvalue weighted by molar-refractivity contribution is 7.90. The fraction of sp³-hybridized carbons (Fsp3) is 0.0667. The summed E-state index contributed by atoms with van der Waals surface area (Å²) in [5.41, 5.74) is 0.117. The van der Waals surface area contributed by atoms with Crippen molar-refractivity contribution < 1.29 is 30.9 Å². The molecule has 1 N–H and O–H groups in total. The van der Waals surface area contributed by atoms with Crippen LogP contribution in [0.4, 0.5) is 13.2 Å². The number of nitrogens with one attached hydrogen (secondary N) is 1. The van der Waals surface area contributed by atoms with E-state index in [4.69, 9.17) is 0 Å². The molecule has 0 atom stereocenters. The zero-order chi connectivity index (χ0) is 19.7. The Morgan fingerprint density at radius 2 is 1.81 bits per heavy atom. The Bertz CT molecular complexity index is 1060. The number of aromatic nitrogens is 3. The molecule has 0 saturated heterocycles. The summed E-state index contributed by atoms with van der Waals surface area (Å²) in [4.78, 5) is 18.8. The van der Waals surface area contributed by atoms with Crippen molar-refractivity contribution in [2.75, 3.05) is 0 Å². The zero-order valence-corrected chi connectivity index (χ0v) is 14.0. The third kappa shape index (κ3) is 4.11. The second-order valence-electron chi connectivity index (χ2n) is 5.12. The van der Waals surface area contributed by atoms with Gasteiger partial charge in [0, 0.05) is 23.5 Å². The smallest absolute Gasteiger partial charge is 0.329 e. The van der Waals surface area contributed by atoms with Crippen molar-refractivity contribution >= 4 is 15.9 Å². The van der Waals surface area contributed by atoms with Crippen LogP contribution in [0.2, 0.25) is 0 Å². The van der Waals surface area contributed by atoms with Crippen molar-refractivity contribution in [3.8, 4) is 11.4 Å². The molecule has 0 aliphatic heterocycles. The van der Waals surface area contributed by atoms with E-state index in [2.05, 4.69) is 19.6 Å². The van der Waals surface area contributed by atoms with Crippen LogP contribution in [0.25, 0.3) is 11.4 Å². The van der Waals surface area contributed by atoms with Crippen molar-refractivity contribution in [2.45, 2.75) is 11.1 Å². The van der Waals surface area contributed by atoms with Gasteiger partial charge in [-0.2, -0.15) is 18.2 Å². The van der Waals surface area contributed by atoms with E-state index in [1.54, 1.807) is 0 Å². The number of hydrogen-bond donors (Lipinski definition) is 1. The largest absolute Gasteiger partial charge is 0.471 e. The highest BCUT2D eigenvalue weighted by Gasteiger charge is 2.38. The van der Waals surface area contributed by atoms with Crippen LogP contribution in [-0.2, 0) is 16.2 Å². The lowest BCUT2D eigenvalue weighted by molar-refractivity contribution is -0.159. The molecule has 3 aromatic rings. The predicted molar refractivity (Wildman–Crippen MR) is 83.6 cm³/mol. The second-order valence-corrected chi connectivity index (χ2v) is 6.80. The first kappa shape index (κ1) is 18.5. The van der Waals surface area contributed by atoms with Crippen molar-refractivity contribution in [3.63, 3.8) is 0 Å². The van der Waals surface area contributed by atoms with Crippen molar-refractivity contribution in [1.29, 1.82) is 0 Å². The van der Waals surface area contributed by atoms with Gasteiger partial charge in [-0.3, -0.25) is 9.78 Å². The van der Waals surface area contributed by atoms with Crippen LogP contribution in [0.1, 0.15) is 16.2 Å². The molecule has 0 unspecified atom stereocenters. The molecule has 0 spiro atoms. The number of hydrogen-bond acceptors (Lipinski definition) is 7. The first-order valence-corrected chi connectivity index (χ1v) is 8.64. The Hall–Kier alpha value is -3.28. The zero-order valence-electron chi connectivity index (χ0n) is 13.1. The maximum atomic E-state index is 12.5. The number of nitrogens with zero attached hydrogens (tertiary/aromatic N) is 3. The topological polar surface area (TPSA) is 115 Å². The van der Waals surface area contributed by atoms with Gasteiger partial charge >= 0.3 is 12.1 Å². The molecule has 0 radical (unpaired) electrons. The molecular weight excluding hydrogens is 389 g/mol. The van der Waals surface area contributed by atoms with Gasteiger partial charge in [0.1, 0.15) is 4.90 Å². The van der Waals surface area contributed by atoms with E-state index >= 15 is 0 Å². The molecule has 12 heteroatoms. The lowest BCUT2D eigenvalue weighted by atomic mass is 10.1. The van der Waals surface area contributed by atoms with Gasteiger partial charge in [-0.05, 0) is 24.3 Å². The van der Waals surface area contributed by atoms with Crippen molar-refractivity contribution in [1.82, 2.24) is 19.8 Å². The minimum absolute atomic E-state index is 0.0363. The quantitative estimate of drug-likeness (QED) is 0.717. The minimum atomic E-state index is -4.77. The van der Waals surface area contributed by atoms with Crippen LogP contribution in [0.5, 0.6) is 0 Å². The minimum Gasteiger partial charge on any atom is -0.329 e. The Morgan fingerprint density at radius 3 is 2.37 bits per heavy atom. The molecule has 0 aliphatic carbocycles. The molecule has 140 valence electrons. The monoisotopic (exact) mass is 398 g/mol. The van der Waals surface area contributed by atoms with Crippen LogP contribution in [0.3, 0.4) is 0 Å². The number of halogens is 3. The van der Waals surface area contributed by atoms with E-state index in [9.17, 15) is 26.4 Å². The van der Waals surface area contributed by atoms with Crippen molar-refractivity contribution in [3.05, 3.63) is 60.2 Å². The molecular formula is C15H9F3N4O4S. The first-order chi connectivity index (χ1) is 12.7. The van der Waals surface area contributed by atoms with Gasteiger partial charge in [-0.1, -0.05) is 17.3 Å². The van der Waals surface area contributed by atoms with Crippen LogP contribution in [0, 0.1) is 0 Å². The second kappa shape index (κ2) is 6.79. The van der Waals surface area contributed by atoms with Crippen LogP contribution >= 0.6 is 0 Å². The van der Waals surface area contributed by atoms with Gasteiger partial charge in [0.25, 0.3) is 15.9 Å². The lowest BCUT2D eigenvalue weighted by Gasteiger charge is -2.06. The summed E-state index contributed by atoms with van der Waals surface area (Å²) in [6.45, 7) is 0. The van der Waals surface area contributed by atoms with Gasteiger partial charge in [-0.15, -0.1) is 0 Å². The first-order valence-electron chi connectivity index (χ1n) is 7.15. The molecule has 0 aliphatic rings. The predicted octanol–water partition coefficient (Wildman–Crippen LogP) is 2.27. The number of pyridine rings is 1. The number of amides is 1. The number of benzene rings is 1. The summed E-state index contributed by atoms with van der Waals surface area (Å²) >= 11 is 0. The highest BCUT2D eigenvalue weighted by Crippen LogP contribution is 2.29. The maximum absolute atomic E-state index is 12.5. The van der Waals surface area contributed by atoms with E-state index in [-0.39, 0.29) is 21.8 Å². The lowest BCUT2D eigenvalue weighted by Crippen LogP contribution is -2.30. The summed E-state index contributed by atoms with van der Waals surface area (Å²) in [6, 6.07) is 7.61. The molecule has 0 fully saturated rings. The van der Waals surface area contributed by atoms with Crippen LogP contribution < -0.4 is 4.72 Å². The average Bonchev–Trinajstić information content (AvgIpc) is 3.13. The molecule has 2 aromatic heterocycles. The van der Waals surface area contributed by atoms with Crippen LogP contribution in [0.15, 0.2) is 58.2 Å². The number of rotatable bonds is 4. The Kier molecular flexibility index (Phi) is 4.66. The van der Waals surface area contributed by atoms with E-state index < -0.39 is 28.0 Å². The SMILES string of the molecule is O=C(NS(=O)(=O)c1cccnc1)c1ccc(-c2noc(C(F)(F)F)n2)cc1. The van der Waals surface area contributed by atoms with E-state index in [0.29, 0.717) is 0 Å². The standard InChI is InChI=1S/C15H9F3N4O4S/c16-15(17,18)14-20-12(21-26-14)9-3-5-10(6-4-9)13(23)22-27(24,25)11-2-1-7-19-8-11/h1-8H,(H,22,23). The molecule has 1 aromatic carbocycles. The molecule has 0 bridgehead atoms. The third-order valence-electron chi connectivity index (χ3n) is 3.25. The maximum Gasteiger partial charge on any atom is 0.471 e. The summed E-state index contributed by atoms with van der Waals surface area (Å²) in [5.74, 6) is -2.74. The molecule has 0 saturated carbocycles. The van der Waals surface area contributed by atoms with Gasteiger partial charge in [0.05, 0.1) is 0 Å². The summed E-state index contributed by atoms with van der Waals surface area (Å²) < 4.78 is 67.6. The van der Waals surface area contributed by atoms with E-state index in [0.717, 1.165) is 6.20 Å². The highest BCUT2D eigenvalue weighted by atomic mass is 32.2. The fourth-order valence-corrected chi connectivity index (χ4v) is 2.91. The summed E-state index contributed by atoms with van der Waals surface area (Å²) in [6.07, 6.45) is -2.32. The van der Waals surface area contributed by atoms with Gasteiger partial charge < -0.3 is 4.52 Å². The molecule has 1 amide bonds. The normalized spacial score (nSPS) is 12.0. The Morgan fingerprint density at radius 1 is 1.11 bits per heavy atom. The Balaban J connectivity index is 1.77. The Labute approximate surface area is 150 Å². The molecule has 2 heterocycles. The average molecular weight is 398 g/mol. The number of carbonyl (C=O) groups excluding carboxylic acids is 1. The number of carbonyl (C=O) groups is 1. The molecule has 27 heavy (non-hydrogen) atoms. The van der Waals surface area contributed by atoms with E-state index in [1.807, 2.05) is 4.72 Å². The third-order valence-corrected chi connectivity index (χ3v) is 4.56. The van der Waals surface area contributed by atoms with Crippen molar-refractivity contribution in [2.24, 2.45) is 0 Å². The fourth-order valence-electron chi connectivity index (χ4n) is 1.97.